The average Bonchev–Trinajstić information content (AvgIpc) is 3.90. The average molecular weight is 997 g/mol. The van der Waals surface area contributed by atoms with Gasteiger partial charge in [0.05, 0.1) is 0 Å². The SMILES string of the molecule is c1ccc(-c2ccccc2-c2cc3c4c5ccccc5c5cccc6c7cccc8c9cccc%10c%11cccc%12c%13cccc%14c%15cccc%16c%17ccccc%17c%17c2c2c3c3c(c4c56)c(c78)c(c9%10)c4c(c%12%11)c(c%14%13)c(c%17c%16%15)c2c34)cc1. The van der Waals surface area contributed by atoms with E-state index in [1.807, 2.05) is 0 Å². The number of benzene rings is 19. The molecule has 0 unspecified atom stereocenters. The van der Waals surface area contributed by atoms with E-state index in [1.54, 1.807) is 0 Å². The number of fused-ring (bicyclic) bond motifs is 13. The molecule has 0 saturated carbocycles. The molecule has 356 valence electrons. The van der Waals surface area contributed by atoms with Crippen LogP contribution in [0, 0.1) is 0 Å². The van der Waals surface area contributed by atoms with Crippen molar-refractivity contribution in [2.45, 2.75) is 0 Å². The Bertz CT molecular complexity index is 6660. The molecule has 0 nitrogen and oxygen atoms in total. The van der Waals surface area contributed by atoms with Crippen molar-refractivity contribution in [3.63, 3.8) is 0 Å². The van der Waals surface area contributed by atoms with Crippen molar-refractivity contribution in [3.05, 3.63) is 218 Å². The zero-order chi connectivity index (χ0) is 50.9. The number of hydrogen-bond acceptors (Lipinski definition) is 0. The van der Waals surface area contributed by atoms with Crippen LogP contribution in [-0.2, 0) is 0 Å². The van der Waals surface area contributed by atoms with Gasteiger partial charge in [-0.05, 0) is 244 Å². The zero-order valence-electron chi connectivity index (χ0n) is 42.8. The summed E-state index contributed by atoms with van der Waals surface area (Å²) in [6.07, 6.45) is 0. The molecule has 0 saturated heterocycles. The lowest BCUT2D eigenvalue weighted by molar-refractivity contribution is 1.61. The van der Waals surface area contributed by atoms with Crippen molar-refractivity contribution in [3.8, 4) is 22.3 Å². The molecule has 0 radical (unpaired) electrons. The second kappa shape index (κ2) is 12.6. The van der Waals surface area contributed by atoms with Gasteiger partial charge in [0.1, 0.15) is 0 Å². The van der Waals surface area contributed by atoms with E-state index < -0.39 is 0 Å². The Labute approximate surface area is 453 Å². The van der Waals surface area contributed by atoms with E-state index in [0.29, 0.717) is 0 Å². The summed E-state index contributed by atoms with van der Waals surface area (Å²) in [6.45, 7) is 0. The second-order valence-electron chi connectivity index (χ2n) is 23.7. The van der Waals surface area contributed by atoms with Crippen LogP contribution < -0.4 is 0 Å². The Morgan fingerprint density at radius 3 is 0.738 bits per heavy atom. The van der Waals surface area contributed by atoms with Gasteiger partial charge in [-0.1, -0.05) is 212 Å². The van der Waals surface area contributed by atoms with E-state index in [1.165, 1.54) is 238 Å². The summed E-state index contributed by atoms with van der Waals surface area (Å²) in [5, 5.41) is 54.8. The second-order valence-corrected chi connectivity index (χ2v) is 23.7. The predicted molar refractivity (Wildman–Crippen MR) is 348 cm³/mol. The van der Waals surface area contributed by atoms with Crippen molar-refractivity contribution in [1.82, 2.24) is 0 Å². The van der Waals surface area contributed by atoms with Crippen molar-refractivity contribution in [2.24, 2.45) is 0 Å². The van der Waals surface area contributed by atoms with Crippen molar-refractivity contribution in [1.29, 1.82) is 0 Å². The molecular formula is C80H36. The Hall–Kier alpha value is -10.4. The molecule has 0 heteroatoms. The van der Waals surface area contributed by atoms with Gasteiger partial charge in [-0.15, -0.1) is 0 Å². The molecule has 0 heterocycles. The lowest BCUT2D eigenvalue weighted by atomic mass is 9.80. The molecule has 0 aliphatic heterocycles. The van der Waals surface area contributed by atoms with Crippen LogP contribution in [0.2, 0.25) is 0 Å². The van der Waals surface area contributed by atoms with Crippen molar-refractivity contribution in [2.75, 3.05) is 0 Å². The van der Waals surface area contributed by atoms with Gasteiger partial charge in [0.2, 0.25) is 0 Å². The molecule has 23 rings (SSSR count). The minimum Gasteiger partial charge on any atom is -0.0622 e. The minimum atomic E-state index is 1.23. The molecule has 80 heavy (non-hydrogen) atoms. The Morgan fingerprint density at radius 2 is 0.338 bits per heavy atom. The monoisotopic (exact) mass is 996 g/mol. The van der Waals surface area contributed by atoms with Crippen LogP contribution in [0.5, 0.6) is 0 Å². The van der Waals surface area contributed by atoms with Crippen LogP contribution in [0.1, 0.15) is 0 Å². The van der Waals surface area contributed by atoms with Crippen LogP contribution in [0.4, 0.5) is 0 Å². The third-order valence-electron chi connectivity index (χ3n) is 20.7. The number of rotatable bonds is 2. The van der Waals surface area contributed by atoms with Crippen LogP contribution in [0.25, 0.3) is 238 Å². The third kappa shape index (κ3) is 3.86. The molecule has 0 fully saturated rings. The molecular weight excluding hydrogens is 961 g/mol. The smallest absolute Gasteiger partial charge is 0.000000387 e. The van der Waals surface area contributed by atoms with E-state index >= 15 is 0 Å². The standard InChI is InChI=1S/C80H36/c1-2-16-37(17-3-1)38-18-4-5-19-39(38)56-36-57-64-42-22-8-6-20-40(42)43-24-10-26-46-48-28-12-30-50-52-32-14-34-54-55-35-15-33-53-51-31-13-29-49-47-27-11-25-44-41-21-7-9-23-45(41)65-66(56)74-67(57)75-76(68(64)58(43)46)70(60(48)50)72(62(52)54)78-73(63(53)55)71(61(49)51)77(69(65)59(44)47)79(74)80(75)78/h1-36H. The summed E-state index contributed by atoms with van der Waals surface area (Å²) >= 11 is 0. The van der Waals surface area contributed by atoms with Gasteiger partial charge < -0.3 is 0 Å². The van der Waals surface area contributed by atoms with Crippen molar-refractivity contribution < 1.29 is 0 Å². The minimum absolute atomic E-state index is 1.23. The molecule has 23 aromatic rings. The molecule has 0 aromatic heterocycles. The van der Waals surface area contributed by atoms with E-state index in [2.05, 4.69) is 218 Å². The fourth-order valence-electron chi connectivity index (χ4n) is 18.3. The van der Waals surface area contributed by atoms with Crippen molar-refractivity contribution >= 4 is 215 Å². The molecule has 0 N–H and O–H groups in total. The van der Waals surface area contributed by atoms with Gasteiger partial charge in [0.25, 0.3) is 0 Å². The molecule has 0 bridgehead atoms. The fourth-order valence-corrected chi connectivity index (χ4v) is 18.3. The maximum atomic E-state index is 2.71. The predicted octanol–water partition coefficient (Wildman–Crippen LogP) is 23.0. The lowest BCUT2D eigenvalue weighted by Gasteiger charge is -2.22. The Morgan fingerprint density at radius 1 is 0.113 bits per heavy atom. The van der Waals surface area contributed by atoms with Crippen LogP contribution in [0.15, 0.2) is 218 Å². The first-order chi connectivity index (χ1) is 39.8. The maximum Gasteiger partial charge on any atom is -0.000000387 e. The molecule has 0 aliphatic rings. The van der Waals surface area contributed by atoms with Gasteiger partial charge in [0, 0.05) is 0 Å². The fraction of sp³-hybridized carbons (Fsp3) is 0. The third-order valence-corrected chi connectivity index (χ3v) is 20.7. The molecule has 0 amide bonds. The zero-order valence-corrected chi connectivity index (χ0v) is 42.8. The topological polar surface area (TPSA) is 0 Å². The van der Waals surface area contributed by atoms with Gasteiger partial charge in [-0.3, -0.25) is 0 Å². The summed E-state index contributed by atoms with van der Waals surface area (Å²) in [5.74, 6) is 0. The number of hydrogen-bond donors (Lipinski definition) is 0. The highest BCUT2D eigenvalue weighted by Gasteiger charge is 2.37. The quantitative estimate of drug-likeness (QED) is 0.151. The molecule has 0 aliphatic carbocycles. The lowest BCUT2D eigenvalue weighted by Crippen LogP contribution is -1.93. The normalized spacial score (nSPS) is 13.5. The van der Waals surface area contributed by atoms with Crippen LogP contribution >= 0.6 is 0 Å². The first kappa shape index (κ1) is 39.0. The highest BCUT2D eigenvalue weighted by Crippen LogP contribution is 2.66. The largest absolute Gasteiger partial charge is 0.0622 e. The highest BCUT2D eigenvalue weighted by molar-refractivity contribution is 6.68. The first-order valence-corrected chi connectivity index (χ1v) is 28.4. The van der Waals surface area contributed by atoms with Gasteiger partial charge in [-0.2, -0.15) is 0 Å². The van der Waals surface area contributed by atoms with Crippen LogP contribution in [-0.4, -0.2) is 0 Å². The molecule has 0 spiro atoms. The van der Waals surface area contributed by atoms with Gasteiger partial charge >= 0.3 is 0 Å². The Balaban J connectivity index is 1.22. The summed E-state index contributed by atoms with van der Waals surface area (Å²) in [5.41, 5.74) is 5.04. The first-order valence-electron chi connectivity index (χ1n) is 28.4. The van der Waals surface area contributed by atoms with E-state index in [-0.39, 0.29) is 0 Å². The summed E-state index contributed by atoms with van der Waals surface area (Å²) < 4.78 is 0. The highest BCUT2D eigenvalue weighted by atomic mass is 14.4. The van der Waals surface area contributed by atoms with E-state index in [9.17, 15) is 0 Å². The van der Waals surface area contributed by atoms with E-state index in [4.69, 9.17) is 0 Å². The van der Waals surface area contributed by atoms with Crippen LogP contribution in [0.3, 0.4) is 0 Å². The maximum absolute atomic E-state index is 2.71. The summed E-state index contributed by atoms with van der Waals surface area (Å²) in [4.78, 5) is 0. The summed E-state index contributed by atoms with van der Waals surface area (Å²) in [7, 11) is 0. The Kier molecular flexibility index (Phi) is 6.16. The molecule has 0 atom stereocenters. The summed E-state index contributed by atoms with van der Waals surface area (Å²) in [6, 6.07) is 85.5. The molecule has 23 aromatic carbocycles. The van der Waals surface area contributed by atoms with E-state index in [0.717, 1.165) is 0 Å². The van der Waals surface area contributed by atoms with Gasteiger partial charge in [-0.25, -0.2) is 0 Å². The van der Waals surface area contributed by atoms with Gasteiger partial charge in [0.15, 0.2) is 0 Å².